The van der Waals surface area contributed by atoms with Crippen LogP contribution in [0.15, 0.2) is 0 Å². The first-order valence-electron chi connectivity index (χ1n) is 4.71. The highest BCUT2D eigenvalue weighted by atomic mass is 16.6. The van der Waals surface area contributed by atoms with Gasteiger partial charge in [0.25, 0.3) is 0 Å². The van der Waals surface area contributed by atoms with Crippen molar-refractivity contribution in [1.29, 1.82) is 0 Å². The Balaban J connectivity index is 2.75. The van der Waals surface area contributed by atoms with E-state index in [0.29, 0.717) is 0 Å². The summed E-state index contributed by atoms with van der Waals surface area (Å²) in [5.74, 6) is -0.284. The monoisotopic (exact) mass is 203 g/mol. The average molecular weight is 203 g/mol. The summed E-state index contributed by atoms with van der Waals surface area (Å²) >= 11 is 0. The minimum atomic E-state index is -1.28. The molecule has 0 aromatic carbocycles. The number of aliphatic hydroxyl groups excluding tert-OH is 2. The van der Waals surface area contributed by atoms with Crippen LogP contribution in [0.1, 0.15) is 13.8 Å². The van der Waals surface area contributed by atoms with Crippen LogP contribution in [0.5, 0.6) is 0 Å². The maximum atomic E-state index is 11.6. The van der Waals surface area contributed by atoms with E-state index in [-0.39, 0.29) is 11.7 Å². The Hall–Kier alpha value is -0.490. The summed E-state index contributed by atoms with van der Waals surface area (Å²) in [4.78, 5) is 11.6. The van der Waals surface area contributed by atoms with E-state index in [0.717, 1.165) is 0 Å². The number of carbonyl (C=O) groups excluding carboxylic acids is 1. The van der Waals surface area contributed by atoms with Crippen LogP contribution in [0.25, 0.3) is 0 Å². The first kappa shape index (κ1) is 11.6. The predicted molar refractivity (Wildman–Crippen MR) is 49.6 cm³/mol. The van der Waals surface area contributed by atoms with Crippen molar-refractivity contribution in [3.8, 4) is 0 Å². The van der Waals surface area contributed by atoms with Gasteiger partial charge in [-0.15, -0.1) is 0 Å². The third-order valence-corrected chi connectivity index (χ3v) is 2.46. The van der Waals surface area contributed by atoms with E-state index in [1.807, 2.05) is 0 Å². The van der Waals surface area contributed by atoms with Crippen molar-refractivity contribution in [3.63, 3.8) is 0 Å². The highest BCUT2D eigenvalue weighted by molar-refractivity contribution is 5.86. The van der Waals surface area contributed by atoms with Crippen LogP contribution in [0, 0.1) is 5.92 Å². The molecule has 5 heteroatoms. The van der Waals surface area contributed by atoms with Crippen molar-refractivity contribution in [3.05, 3.63) is 0 Å². The Morgan fingerprint density at radius 3 is 2.43 bits per heavy atom. The first-order valence-corrected chi connectivity index (χ1v) is 4.71. The number of ether oxygens (including phenoxy) is 1. The quantitative estimate of drug-likeness (QED) is 0.541. The molecule has 3 N–H and O–H groups in total. The number of nitrogens with one attached hydrogen (secondary N) is 1. The normalized spacial score (nSPS) is 37.9. The van der Waals surface area contributed by atoms with Crippen LogP contribution in [0.2, 0.25) is 0 Å². The summed E-state index contributed by atoms with van der Waals surface area (Å²) in [5.41, 5.74) is 0. The second-order valence-corrected chi connectivity index (χ2v) is 3.81. The number of hydrogen-bond donors (Lipinski definition) is 3. The molecule has 0 radical (unpaired) electrons. The van der Waals surface area contributed by atoms with E-state index >= 15 is 0 Å². The molecular formula is C9H17NO4. The molecule has 1 aliphatic rings. The standard InChI is InChI=1S/C9H17NO4/c1-4(2)6(11)8-5(10-3)7(12)9(13)14-8/h4-5,7-10,12-13H,1-3H3/t5-,7+,8+,9-/m0/s1. The molecule has 0 unspecified atom stereocenters. The Kier molecular flexibility index (Phi) is 3.60. The molecule has 1 saturated heterocycles. The number of hydrogen-bond acceptors (Lipinski definition) is 5. The second-order valence-electron chi connectivity index (χ2n) is 3.81. The van der Waals surface area contributed by atoms with Crippen molar-refractivity contribution in [2.24, 2.45) is 5.92 Å². The zero-order chi connectivity index (χ0) is 10.9. The summed E-state index contributed by atoms with van der Waals surface area (Å²) in [6.07, 6.45) is -3.09. The summed E-state index contributed by atoms with van der Waals surface area (Å²) in [6, 6.07) is -0.528. The average Bonchev–Trinajstić information content (AvgIpc) is 2.41. The smallest absolute Gasteiger partial charge is 0.183 e. The highest BCUT2D eigenvalue weighted by Crippen LogP contribution is 2.22. The molecule has 0 spiro atoms. The molecule has 0 amide bonds. The van der Waals surface area contributed by atoms with Gasteiger partial charge < -0.3 is 20.3 Å². The van der Waals surface area contributed by atoms with Gasteiger partial charge in [0.1, 0.15) is 12.2 Å². The fourth-order valence-electron chi connectivity index (χ4n) is 1.57. The first-order chi connectivity index (χ1) is 6.49. The lowest BCUT2D eigenvalue weighted by Crippen LogP contribution is -2.46. The topological polar surface area (TPSA) is 78.8 Å². The lowest BCUT2D eigenvalue weighted by atomic mass is 9.97. The second kappa shape index (κ2) is 4.35. The van der Waals surface area contributed by atoms with Gasteiger partial charge in [-0.1, -0.05) is 13.8 Å². The van der Waals surface area contributed by atoms with E-state index in [1.54, 1.807) is 20.9 Å². The number of ketones is 1. The Morgan fingerprint density at radius 2 is 2.00 bits per heavy atom. The van der Waals surface area contributed by atoms with Gasteiger partial charge in [0.05, 0.1) is 6.04 Å². The maximum Gasteiger partial charge on any atom is 0.183 e. The van der Waals surface area contributed by atoms with E-state index < -0.39 is 24.5 Å². The molecule has 5 nitrogen and oxygen atoms in total. The van der Waals surface area contributed by atoms with Crippen molar-refractivity contribution in [1.82, 2.24) is 5.32 Å². The van der Waals surface area contributed by atoms with Gasteiger partial charge in [-0.3, -0.25) is 4.79 Å². The molecule has 1 rings (SSSR count). The molecular weight excluding hydrogens is 186 g/mol. The Bertz CT molecular complexity index is 219. The fourth-order valence-corrected chi connectivity index (χ4v) is 1.57. The Labute approximate surface area is 83.1 Å². The van der Waals surface area contributed by atoms with Gasteiger partial charge >= 0.3 is 0 Å². The number of carbonyl (C=O) groups is 1. The minimum Gasteiger partial charge on any atom is -0.386 e. The number of aliphatic hydroxyl groups is 2. The van der Waals surface area contributed by atoms with Gasteiger partial charge in [0.2, 0.25) is 0 Å². The van der Waals surface area contributed by atoms with Gasteiger partial charge in [-0.25, -0.2) is 0 Å². The summed E-state index contributed by atoms with van der Waals surface area (Å²) in [7, 11) is 1.62. The van der Waals surface area contributed by atoms with E-state index in [1.165, 1.54) is 0 Å². The van der Waals surface area contributed by atoms with Crippen LogP contribution in [-0.2, 0) is 9.53 Å². The fraction of sp³-hybridized carbons (Fsp3) is 0.889. The third kappa shape index (κ3) is 1.95. The van der Waals surface area contributed by atoms with E-state index in [2.05, 4.69) is 5.32 Å². The van der Waals surface area contributed by atoms with Gasteiger partial charge in [0.15, 0.2) is 12.1 Å². The molecule has 1 aliphatic heterocycles. The molecule has 82 valence electrons. The lowest BCUT2D eigenvalue weighted by molar-refractivity contribution is -0.151. The number of likely N-dealkylation sites (N-methyl/N-ethyl adjacent to an activating group) is 1. The largest absolute Gasteiger partial charge is 0.386 e. The summed E-state index contributed by atoms with van der Waals surface area (Å²) in [5, 5.41) is 21.5. The van der Waals surface area contributed by atoms with Crippen molar-refractivity contribution >= 4 is 5.78 Å². The molecule has 1 heterocycles. The van der Waals surface area contributed by atoms with Crippen LogP contribution in [0.4, 0.5) is 0 Å². The molecule has 0 saturated carbocycles. The third-order valence-electron chi connectivity index (χ3n) is 2.46. The van der Waals surface area contributed by atoms with Crippen LogP contribution < -0.4 is 5.32 Å². The van der Waals surface area contributed by atoms with Crippen LogP contribution >= 0.6 is 0 Å². The van der Waals surface area contributed by atoms with Crippen molar-refractivity contribution in [2.45, 2.75) is 38.4 Å². The minimum absolute atomic E-state index is 0.111. The SMILES string of the molecule is CN[C@H]1[C@@H](O)[C@@H](O)O[C@H]1C(=O)C(C)C. The zero-order valence-electron chi connectivity index (χ0n) is 8.60. The molecule has 1 fully saturated rings. The highest BCUT2D eigenvalue weighted by Gasteiger charge is 2.45. The van der Waals surface area contributed by atoms with Gasteiger partial charge in [-0.2, -0.15) is 0 Å². The van der Waals surface area contributed by atoms with Crippen molar-refractivity contribution in [2.75, 3.05) is 7.05 Å². The van der Waals surface area contributed by atoms with E-state index in [9.17, 15) is 15.0 Å². The molecule has 0 aromatic rings. The van der Waals surface area contributed by atoms with Gasteiger partial charge in [0, 0.05) is 5.92 Å². The molecule has 0 aromatic heterocycles. The summed E-state index contributed by atoms with van der Waals surface area (Å²) < 4.78 is 4.99. The van der Waals surface area contributed by atoms with Crippen molar-refractivity contribution < 1.29 is 19.7 Å². The van der Waals surface area contributed by atoms with E-state index in [4.69, 9.17) is 4.74 Å². The number of rotatable bonds is 3. The van der Waals surface area contributed by atoms with Crippen LogP contribution in [0.3, 0.4) is 0 Å². The molecule has 0 aliphatic carbocycles. The number of Topliss-reactive ketones (excluding diaryl/α,β-unsaturated/α-hetero) is 1. The predicted octanol–water partition coefficient (Wildman–Crippen LogP) is -1.12. The molecule has 4 atom stereocenters. The van der Waals surface area contributed by atoms with Crippen LogP contribution in [-0.4, -0.2) is 47.6 Å². The maximum absolute atomic E-state index is 11.6. The zero-order valence-corrected chi connectivity index (χ0v) is 8.60. The Morgan fingerprint density at radius 1 is 1.43 bits per heavy atom. The molecule has 14 heavy (non-hydrogen) atoms. The summed E-state index contributed by atoms with van der Waals surface area (Å²) in [6.45, 7) is 3.52. The van der Waals surface area contributed by atoms with Gasteiger partial charge in [-0.05, 0) is 7.05 Å². The molecule has 0 bridgehead atoms. The lowest BCUT2D eigenvalue weighted by Gasteiger charge is -2.19.